The lowest BCUT2D eigenvalue weighted by molar-refractivity contribution is -0.142. The predicted molar refractivity (Wildman–Crippen MR) is 455 cm³/mol. The smallest absolute Gasteiger partial charge is 0.305 e. The number of carbonyl (C=O) groups excluding carboxylic acids is 16. The van der Waals surface area contributed by atoms with Crippen LogP contribution in [0.4, 0.5) is 0 Å². The topological polar surface area (TPSA) is 621 Å². The number of aromatic nitrogens is 5. The summed E-state index contributed by atoms with van der Waals surface area (Å²) >= 11 is 1.40. The average molecular weight is 1760 g/mol. The molecule has 123 heavy (non-hydrogen) atoms. The van der Waals surface area contributed by atoms with Crippen LogP contribution in [0.3, 0.4) is 0 Å². The zero-order valence-electron chi connectivity index (χ0n) is 68.2. The molecule has 0 saturated carbocycles. The Labute approximate surface area is 717 Å². The molecule has 2 fully saturated rings. The van der Waals surface area contributed by atoms with E-state index in [1.165, 1.54) is 43.0 Å². The van der Waals surface area contributed by atoms with Crippen molar-refractivity contribution in [1.82, 2.24) is 93.2 Å². The van der Waals surface area contributed by atoms with Crippen molar-refractivity contribution >= 4 is 167 Å². The monoisotopic (exact) mass is 1760 g/mol. The number of H-pyrrole nitrogens is 3. The van der Waals surface area contributed by atoms with E-state index in [2.05, 4.69) is 83.7 Å². The molecule has 2 aliphatic rings. The van der Waals surface area contributed by atoms with Crippen LogP contribution in [-0.2, 0) is 114 Å². The number of nitrogens with two attached hydrogens (primary N) is 3. The highest BCUT2D eigenvalue weighted by atomic mass is 33.1. The fourth-order valence-corrected chi connectivity index (χ4v) is 17.2. The Morgan fingerprint density at radius 2 is 1.12 bits per heavy atom. The molecule has 3 aromatic carbocycles. The zero-order chi connectivity index (χ0) is 89.5. The molecule has 7 aromatic rings. The van der Waals surface area contributed by atoms with Crippen LogP contribution < -0.4 is 81.0 Å². The maximum atomic E-state index is 15.4. The van der Waals surface area contributed by atoms with Gasteiger partial charge in [0.05, 0.1) is 31.7 Å². The predicted octanol–water partition coefficient (Wildman–Crippen LogP) is -2.75. The number of carbonyl (C=O) groups is 17. The Morgan fingerprint density at radius 3 is 1.68 bits per heavy atom. The van der Waals surface area contributed by atoms with Gasteiger partial charge in [-0.1, -0.05) is 96.5 Å². The Morgan fingerprint density at radius 1 is 0.593 bits per heavy atom. The Kier molecular flexibility index (Phi) is 34.0. The van der Waals surface area contributed by atoms with Crippen molar-refractivity contribution < 1.29 is 91.7 Å². The number of hydrogen-bond donors (Lipinski definition) is 20. The molecule has 40 nitrogen and oxygen atoms in total. The number of primary amides is 3. The number of para-hydroxylation sites is 3. The van der Waals surface area contributed by atoms with E-state index in [1.54, 1.807) is 116 Å². The lowest BCUT2D eigenvalue weighted by Crippen LogP contribution is -2.63. The Bertz CT molecular complexity index is 5060. The van der Waals surface area contributed by atoms with Gasteiger partial charge in [-0.3, -0.25) is 81.5 Å². The van der Waals surface area contributed by atoms with Crippen molar-refractivity contribution in [2.45, 2.75) is 183 Å². The maximum Gasteiger partial charge on any atom is 0.305 e. The number of hydrogen-bond acceptors (Lipinski definition) is 22. The molecule has 0 spiro atoms. The summed E-state index contributed by atoms with van der Waals surface area (Å²) in [4.78, 5) is 258. The molecule has 15 atom stereocenters. The van der Waals surface area contributed by atoms with Gasteiger partial charge in [-0.25, -0.2) is 4.98 Å². The highest BCUT2D eigenvalue weighted by molar-refractivity contribution is 8.76. The van der Waals surface area contributed by atoms with Gasteiger partial charge in [0.2, 0.25) is 94.5 Å². The number of aromatic amines is 3. The summed E-state index contributed by atoms with van der Waals surface area (Å²) in [5.74, 6) is -20.8. The third-order valence-corrected chi connectivity index (χ3v) is 24.1. The van der Waals surface area contributed by atoms with E-state index >= 15 is 28.8 Å². The van der Waals surface area contributed by atoms with Gasteiger partial charge in [-0.2, -0.15) is 11.8 Å². The van der Waals surface area contributed by atoms with E-state index in [0.717, 1.165) is 6.92 Å². The first-order chi connectivity index (χ1) is 58.6. The molecule has 0 radical (unpaired) electrons. The largest absolute Gasteiger partial charge is 0.481 e. The molecule has 2 saturated heterocycles. The van der Waals surface area contributed by atoms with Crippen LogP contribution in [0.1, 0.15) is 95.0 Å². The van der Waals surface area contributed by atoms with E-state index in [9.17, 15) is 63.0 Å². The number of rotatable bonds is 33. The van der Waals surface area contributed by atoms with Gasteiger partial charge in [-0.15, -0.1) is 0 Å². The van der Waals surface area contributed by atoms with Gasteiger partial charge < -0.3 is 116 Å². The number of benzene rings is 3. The van der Waals surface area contributed by atoms with Crippen molar-refractivity contribution in [1.29, 1.82) is 0 Å². The average Bonchev–Trinajstić information content (AvgIpc) is 1.68. The summed E-state index contributed by atoms with van der Waals surface area (Å²) < 4.78 is 1.71. The number of aliphatic carboxylic acids is 1. The highest BCUT2D eigenvalue weighted by Gasteiger charge is 2.43. The van der Waals surface area contributed by atoms with E-state index in [0.29, 0.717) is 83.2 Å². The molecule has 43 heteroatoms. The number of aliphatic hydroxyl groups excluding tert-OH is 1. The maximum absolute atomic E-state index is 15.4. The zero-order valence-corrected chi connectivity index (χ0v) is 70.7. The standard InChI is InChI=1S/C80H103N21O19S3/c1-7-39(2)66(98-79(119)67(40(3)102)99-75(115)52(25-42-32-85-49-18-11-8-15-46(42)49)89-69(109)51(22-24-121-6)88-41(4)103)78(118)97-60-37-123-122-36-59(77(117)95-58(80(120)101-23-14-21-62(101)68(83)108)26-43-33-86-50-19-12-9-16-47(43)50)96-74(114)57(31-65(106)107)94-71(111)54(28-45-34-84-38-87-45)91-70(110)53(27-44-35-100(5)61-20-13-10-17-48(44)61)90-72(112)55(29-63(81)104)92-73(113)56(30-64(82)105)93-76(60)116/h8-13,15-20,32-35,38-40,51-60,62,66-67,85-86,102H,7,14,21-31,36-37H2,1-6H3,(H2,81,104)(H2,82,105)(H2,83,108)(H,84,87)(H,88,103)(H,89,109)(H,90,112)(H,91,110)(H,92,113)(H,93,116)(H,94,111)(H,95,117)(H,96,114)(H,97,118)(H,98,119)(H,99,115)(H,106,107)/t39-,40+,51-,52-,53-,54-,55-,56-,57-,58-,59-,60-,62-,66-,67-/m0/s1. The minimum absolute atomic E-state index is 0.0381. The molecule has 4 aromatic heterocycles. The van der Waals surface area contributed by atoms with E-state index in [-0.39, 0.29) is 44.3 Å². The van der Waals surface area contributed by atoms with Crippen LogP contribution >= 0.6 is 33.3 Å². The summed E-state index contributed by atoms with van der Waals surface area (Å²) in [7, 11) is 3.11. The summed E-state index contributed by atoms with van der Waals surface area (Å²) in [6, 6.07) is -1.53. The minimum atomic E-state index is -2.12. The van der Waals surface area contributed by atoms with E-state index < -0.39 is 235 Å². The van der Waals surface area contributed by atoms with Crippen molar-refractivity contribution in [2.24, 2.45) is 30.2 Å². The number of thioether (sulfide) groups is 1. The molecule has 6 heterocycles. The Hall–Kier alpha value is -12.5. The molecule has 2 aliphatic heterocycles. The number of nitrogens with zero attached hydrogens (tertiary/aromatic N) is 3. The number of amides is 16. The number of carboxylic acids is 1. The first kappa shape index (κ1) is 94.3. The van der Waals surface area contributed by atoms with Crippen molar-refractivity contribution in [2.75, 3.05) is 30.1 Å². The minimum Gasteiger partial charge on any atom is -0.481 e. The van der Waals surface area contributed by atoms with Gasteiger partial charge in [0, 0.05) is 121 Å². The summed E-state index contributed by atoms with van der Waals surface area (Å²) in [5.41, 5.74) is 20.9. The first-order valence-corrected chi connectivity index (χ1v) is 43.5. The van der Waals surface area contributed by atoms with Crippen LogP contribution in [0.2, 0.25) is 0 Å². The lowest BCUT2D eigenvalue weighted by Gasteiger charge is -2.30. The molecule has 0 unspecified atom stereocenters. The van der Waals surface area contributed by atoms with Crippen LogP contribution in [0.5, 0.6) is 0 Å². The lowest BCUT2D eigenvalue weighted by atomic mass is 9.97. The SMILES string of the molecule is CC[C@H](C)[C@H](NC(=O)[C@@H](NC(=O)[C@H](Cc1c[nH]c2ccccc12)NC(=O)[C@H](CCSC)NC(C)=O)[C@@H](C)O)C(=O)N[C@H]1CSSC[C@@H](C(=O)N[C@@H](Cc2c[nH]c3ccccc23)C(=O)N2CCC[C@H]2C(N)=O)NC(=O)[C@H](CC(=O)O)NC(=O)[C@H](Cc2cnc[nH]2)NC(=O)[C@H](Cc2cn(C)c3ccccc23)NC(=O)[C@H](CC(N)=O)NC(=O)[C@H](CC(N)=O)NC1=O. The van der Waals surface area contributed by atoms with Gasteiger partial charge >= 0.3 is 5.97 Å². The van der Waals surface area contributed by atoms with Crippen molar-refractivity contribution in [3.8, 4) is 0 Å². The summed E-state index contributed by atoms with van der Waals surface area (Å²) in [6.45, 7) is 5.57. The third-order valence-electron chi connectivity index (χ3n) is 21.0. The molecule has 660 valence electrons. The van der Waals surface area contributed by atoms with E-state index in [4.69, 9.17) is 17.2 Å². The van der Waals surface area contributed by atoms with Gasteiger partial charge in [0.15, 0.2) is 0 Å². The highest BCUT2D eigenvalue weighted by Crippen LogP contribution is 2.28. The van der Waals surface area contributed by atoms with Gasteiger partial charge in [0.1, 0.15) is 78.5 Å². The van der Waals surface area contributed by atoms with Crippen LogP contribution in [0.15, 0.2) is 104 Å². The van der Waals surface area contributed by atoms with Crippen molar-refractivity contribution in [3.05, 3.63) is 126 Å². The number of imidazole rings is 1. The first-order valence-electron chi connectivity index (χ1n) is 39.6. The second-order valence-corrected chi connectivity index (χ2v) is 33.7. The molecule has 0 aliphatic carbocycles. The normalized spacial score (nSPS) is 20.9. The summed E-state index contributed by atoms with van der Waals surface area (Å²) in [6.07, 6.45) is 3.65. The number of carboxylic acid groups (broad SMARTS) is 1. The second-order valence-electron chi connectivity index (χ2n) is 30.2. The summed E-state index contributed by atoms with van der Waals surface area (Å²) in [5, 5.41) is 54.1. The molecular formula is C80H103N21O19S3. The van der Waals surface area contributed by atoms with E-state index in [1.807, 2.05) is 0 Å². The second kappa shape index (κ2) is 44.3. The van der Waals surface area contributed by atoms with Gasteiger partial charge in [-0.05, 0) is 79.0 Å². The molecular weight excluding hydrogens is 1660 g/mol. The van der Waals surface area contributed by atoms with Crippen molar-refractivity contribution in [3.63, 3.8) is 0 Å². The van der Waals surface area contributed by atoms with Crippen LogP contribution in [0, 0.1) is 5.92 Å². The third kappa shape index (κ3) is 26.0. The van der Waals surface area contributed by atoms with Gasteiger partial charge in [0.25, 0.3) is 0 Å². The fraction of sp³-hybridized carbons (Fsp3) is 0.450. The quantitative estimate of drug-likeness (QED) is 0.0185. The molecule has 23 N–H and O–H groups in total. The van der Waals surface area contributed by atoms with Crippen LogP contribution in [-0.4, -0.2) is 255 Å². The number of aryl methyl sites for hydroxylation is 1. The number of likely N-dealkylation sites (tertiary alicyclic amines) is 1. The molecule has 9 rings (SSSR count). The number of aliphatic hydroxyl groups is 1. The number of nitrogens with one attached hydrogen (secondary N) is 15. The number of fused-ring (bicyclic) bond motifs is 3. The molecule has 16 amide bonds. The van der Waals surface area contributed by atoms with Crippen LogP contribution in [0.25, 0.3) is 32.7 Å². The molecule has 0 bridgehead atoms. The Balaban J connectivity index is 1.10. The fourth-order valence-electron chi connectivity index (χ4n) is 14.4.